The van der Waals surface area contributed by atoms with Crippen LogP contribution in [-0.2, 0) is 17.2 Å². The van der Waals surface area contributed by atoms with Gasteiger partial charge < -0.3 is 9.30 Å². The second kappa shape index (κ2) is 6.16. The molecule has 1 heterocycles. The van der Waals surface area contributed by atoms with Crippen molar-refractivity contribution in [1.29, 1.82) is 0 Å². The molecule has 98 valence electrons. The number of methoxy groups -OCH3 is 1. The number of nitrogens with zero attached hydrogens (tertiary/aromatic N) is 2. The molecule has 0 fully saturated rings. The third kappa shape index (κ3) is 2.78. The monoisotopic (exact) mass is 382 g/mol. The molecule has 0 aliphatic heterocycles. The topological polar surface area (TPSA) is 27.1 Å². The molecule has 0 aliphatic carbocycles. The Morgan fingerprint density at radius 1 is 1.50 bits per heavy atom. The first-order valence-electron chi connectivity index (χ1n) is 5.56. The van der Waals surface area contributed by atoms with Gasteiger partial charge in [0.1, 0.15) is 11.6 Å². The van der Waals surface area contributed by atoms with Gasteiger partial charge in [0.05, 0.1) is 20.5 Å². The Labute approximate surface area is 123 Å². The lowest BCUT2D eigenvalue weighted by atomic mass is 10.3. The fourth-order valence-corrected chi connectivity index (χ4v) is 2.54. The predicted molar refractivity (Wildman–Crippen MR) is 78.5 cm³/mol. The van der Waals surface area contributed by atoms with Crippen LogP contribution in [0.3, 0.4) is 0 Å². The zero-order chi connectivity index (χ0) is 13.1. The fraction of sp³-hybridized carbons (Fsp3) is 0.417. The van der Waals surface area contributed by atoms with E-state index < -0.39 is 0 Å². The number of hydrogen-bond acceptors (Lipinski definition) is 2. The molecule has 0 atom stereocenters. The summed E-state index contributed by atoms with van der Waals surface area (Å²) in [5, 5.41) is 0. The summed E-state index contributed by atoms with van der Waals surface area (Å²) in [7, 11) is 1.66. The lowest BCUT2D eigenvalue weighted by Gasteiger charge is -2.07. The van der Waals surface area contributed by atoms with Crippen molar-refractivity contribution in [3.8, 4) is 0 Å². The van der Waals surface area contributed by atoms with Crippen molar-refractivity contribution in [2.75, 3.05) is 13.7 Å². The van der Waals surface area contributed by atoms with Crippen molar-refractivity contribution >= 4 is 45.2 Å². The molecule has 0 amide bonds. The van der Waals surface area contributed by atoms with Crippen LogP contribution in [-0.4, -0.2) is 23.3 Å². The Morgan fingerprint density at radius 3 is 2.94 bits per heavy atom. The summed E-state index contributed by atoms with van der Waals surface area (Å²) in [6.07, 6.45) is 0.847. The van der Waals surface area contributed by atoms with E-state index in [2.05, 4.69) is 4.98 Å². The van der Waals surface area contributed by atoms with Gasteiger partial charge in [0, 0.05) is 26.3 Å². The molecule has 1 aromatic heterocycles. The van der Waals surface area contributed by atoms with Crippen LogP contribution in [0, 0.1) is 9.39 Å². The molecule has 0 saturated heterocycles. The number of aromatic nitrogens is 2. The van der Waals surface area contributed by atoms with Gasteiger partial charge in [-0.3, -0.25) is 0 Å². The Morgan fingerprint density at radius 2 is 2.28 bits per heavy atom. The third-order valence-corrected chi connectivity index (χ3v) is 3.78. The number of imidazole rings is 1. The molecule has 0 bridgehead atoms. The Balaban J connectivity index is 2.44. The van der Waals surface area contributed by atoms with Gasteiger partial charge in [-0.2, -0.15) is 0 Å². The molecule has 0 radical (unpaired) electrons. The molecule has 3 nitrogen and oxygen atoms in total. The highest BCUT2D eigenvalue weighted by molar-refractivity contribution is 14.1. The van der Waals surface area contributed by atoms with Crippen molar-refractivity contribution in [3.05, 3.63) is 27.3 Å². The molecule has 1 aromatic carbocycles. The summed E-state index contributed by atoms with van der Waals surface area (Å²) in [6.45, 7) is 1.39. The molecule has 18 heavy (non-hydrogen) atoms. The van der Waals surface area contributed by atoms with Crippen LogP contribution in [0.5, 0.6) is 0 Å². The minimum absolute atomic E-state index is 0.225. The normalized spacial score (nSPS) is 11.3. The number of halogens is 3. The van der Waals surface area contributed by atoms with Crippen molar-refractivity contribution < 1.29 is 9.13 Å². The number of hydrogen-bond donors (Lipinski definition) is 0. The van der Waals surface area contributed by atoms with Crippen LogP contribution in [0.4, 0.5) is 4.39 Å². The van der Waals surface area contributed by atoms with Gasteiger partial charge in [-0.25, -0.2) is 9.37 Å². The first kappa shape index (κ1) is 14.0. The molecule has 0 N–H and O–H groups in total. The van der Waals surface area contributed by atoms with Gasteiger partial charge >= 0.3 is 0 Å². The highest BCUT2D eigenvalue weighted by atomic mass is 127. The highest BCUT2D eigenvalue weighted by Gasteiger charge is 2.12. The number of alkyl halides is 1. The zero-order valence-electron chi connectivity index (χ0n) is 9.92. The van der Waals surface area contributed by atoms with Gasteiger partial charge in [-0.1, -0.05) is 0 Å². The number of aryl methyl sites for hydroxylation is 1. The highest BCUT2D eigenvalue weighted by Crippen LogP contribution is 2.23. The number of rotatable bonds is 5. The number of ether oxygens (including phenoxy) is 1. The number of benzene rings is 1. The van der Waals surface area contributed by atoms with Crippen molar-refractivity contribution in [3.63, 3.8) is 0 Å². The summed E-state index contributed by atoms with van der Waals surface area (Å²) >= 11 is 7.85. The second-order valence-corrected chi connectivity index (χ2v) is 5.34. The van der Waals surface area contributed by atoms with Gasteiger partial charge in [0.15, 0.2) is 0 Å². The fourth-order valence-electron chi connectivity index (χ4n) is 1.89. The van der Waals surface area contributed by atoms with Gasteiger partial charge in [-0.15, -0.1) is 11.6 Å². The van der Waals surface area contributed by atoms with Crippen LogP contribution in [0.15, 0.2) is 12.1 Å². The van der Waals surface area contributed by atoms with Gasteiger partial charge in [0.25, 0.3) is 0 Å². The third-order valence-electron chi connectivity index (χ3n) is 2.72. The van der Waals surface area contributed by atoms with Crippen LogP contribution < -0.4 is 0 Å². The summed E-state index contributed by atoms with van der Waals surface area (Å²) in [4.78, 5) is 4.43. The van der Waals surface area contributed by atoms with Crippen molar-refractivity contribution in [2.45, 2.75) is 18.8 Å². The Kier molecular flexibility index (Phi) is 4.80. The van der Waals surface area contributed by atoms with Crippen LogP contribution in [0.2, 0.25) is 0 Å². The summed E-state index contributed by atoms with van der Waals surface area (Å²) in [5.74, 6) is 0.862. The lowest BCUT2D eigenvalue weighted by molar-refractivity contribution is 0.190. The van der Waals surface area contributed by atoms with Crippen LogP contribution in [0.1, 0.15) is 12.2 Å². The van der Waals surface area contributed by atoms with E-state index in [1.54, 1.807) is 13.2 Å². The van der Waals surface area contributed by atoms with Crippen LogP contribution >= 0.6 is 34.2 Å². The summed E-state index contributed by atoms with van der Waals surface area (Å²) in [6, 6.07) is 3.26. The minimum Gasteiger partial charge on any atom is -0.385 e. The zero-order valence-corrected chi connectivity index (χ0v) is 12.8. The van der Waals surface area contributed by atoms with Crippen molar-refractivity contribution in [1.82, 2.24) is 9.55 Å². The minimum atomic E-state index is -0.225. The second-order valence-electron chi connectivity index (χ2n) is 3.91. The average molecular weight is 383 g/mol. The maximum absolute atomic E-state index is 13.6. The first-order valence-corrected chi connectivity index (χ1v) is 7.17. The van der Waals surface area contributed by atoms with E-state index in [0.29, 0.717) is 16.1 Å². The van der Waals surface area contributed by atoms with Gasteiger partial charge in [-0.05, 0) is 35.1 Å². The SMILES string of the molecule is COCCCn1c(CCl)nc2cc(I)c(F)cc21. The molecule has 6 heteroatoms. The summed E-state index contributed by atoms with van der Waals surface area (Å²) < 4.78 is 21.2. The summed E-state index contributed by atoms with van der Waals surface area (Å²) in [5.41, 5.74) is 1.58. The quantitative estimate of drug-likeness (QED) is 0.449. The largest absolute Gasteiger partial charge is 0.385 e. The standard InChI is InChI=1S/C12H13ClFIN2O/c1-18-4-2-3-17-11-5-8(14)9(15)6-10(11)16-12(17)7-13/h5-6H,2-4,7H2,1H3. The molecule has 2 aromatic rings. The van der Waals surface area contributed by atoms with E-state index in [4.69, 9.17) is 16.3 Å². The molecule has 2 rings (SSSR count). The van der Waals surface area contributed by atoms with E-state index in [1.807, 2.05) is 27.2 Å². The molecule has 0 aliphatic rings. The average Bonchev–Trinajstić information content (AvgIpc) is 2.68. The first-order chi connectivity index (χ1) is 8.67. The molecular formula is C12H13ClFIN2O. The van der Waals surface area contributed by atoms with E-state index in [-0.39, 0.29) is 5.82 Å². The van der Waals surface area contributed by atoms with Crippen molar-refractivity contribution in [2.24, 2.45) is 0 Å². The predicted octanol–water partition coefficient (Wildman–Crippen LogP) is 3.56. The molecular weight excluding hydrogens is 370 g/mol. The van der Waals surface area contributed by atoms with E-state index in [0.717, 1.165) is 29.8 Å². The maximum Gasteiger partial charge on any atom is 0.138 e. The maximum atomic E-state index is 13.6. The Bertz CT molecular complexity index is 558. The lowest BCUT2D eigenvalue weighted by Crippen LogP contribution is -2.05. The molecule has 0 unspecified atom stereocenters. The van der Waals surface area contributed by atoms with Crippen LogP contribution in [0.25, 0.3) is 11.0 Å². The Hall–Kier alpha value is -0.400. The van der Waals surface area contributed by atoms with Gasteiger partial charge in [0.2, 0.25) is 0 Å². The van der Waals surface area contributed by atoms with E-state index in [9.17, 15) is 4.39 Å². The number of fused-ring (bicyclic) bond motifs is 1. The molecule has 0 saturated carbocycles. The molecule has 0 spiro atoms. The smallest absolute Gasteiger partial charge is 0.138 e. The van der Waals surface area contributed by atoms with E-state index >= 15 is 0 Å². The van der Waals surface area contributed by atoms with E-state index in [1.165, 1.54) is 6.07 Å².